The Morgan fingerprint density at radius 2 is 1.86 bits per heavy atom. The molecule has 116 valence electrons. The van der Waals surface area contributed by atoms with Crippen molar-refractivity contribution >= 4 is 11.6 Å². The molecule has 1 N–H and O–H groups in total. The predicted molar refractivity (Wildman–Crippen MR) is 85.2 cm³/mol. The molecule has 2 nitrogen and oxygen atoms in total. The molecule has 1 aromatic rings. The summed E-state index contributed by atoms with van der Waals surface area (Å²) in [6, 6.07) is 5.74. The number of hydrogen-bond acceptors (Lipinski definition) is 2. The normalized spacial score (nSPS) is 23.1. The lowest BCUT2D eigenvalue weighted by molar-refractivity contribution is 0.103. The van der Waals surface area contributed by atoms with E-state index in [2.05, 4.69) is 10.2 Å². The van der Waals surface area contributed by atoms with Crippen molar-refractivity contribution in [3.63, 3.8) is 0 Å². The summed E-state index contributed by atoms with van der Waals surface area (Å²) in [5, 5.41) is 3.63. The van der Waals surface area contributed by atoms with Gasteiger partial charge in [-0.25, -0.2) is 4.39 Å². The van der Waals surface area contributed by atoms with Gasteiger partial charge in [0.25, 0.3) is 0 Å². The van der Waals surface area contributed by atoms with E-state index < -0.39 is 0 Å². The number of piperazine rings is 1. The van der Waals surface area contributed by atoms with E-state index in [4.69, 9.17) is 11.6 Å². The minimum Gasteiger partial charge on any atom is -0.314 e. The summed E-state index contributed by atoms with van der Waals surface area (Å²) in [7, 11) is 0. The molecule has 2 aliphatic rings. The van der Waals surface area contributed by atoms with E-state index in [1.807, 2.05) is 6.07 Å². The second-order valence-electron chi connectivity index (χ2n) is 6.30. The lowest BCUT2D eigenvalue weighted by Gasteiger charge is -2.41. The zero-order valence-corrected chi connectivity index (χ0v) is 13.2. The third kappa shape index (κ3) is 3.58. The SMILES string of the molecule is Fc1cc([C@H](C2CCCCC2)N2CCNCC2)ccc1Cl. The Morgan fingerprint density at radius 1 is 1.14 bits per heavy atom. The molecule has 21 heavy (non-hydrogen) atoms. The van der Waals surface area contributed by atoms with Crippen molar-refractivity contribution in [3.8, 4) is 0 Å². The summed E-state index contributed by atoms with van der Waals surface area (Å²) in [4.78, 5) is 2.54. The van der Waals surface area contributed by atoms with Crippen LogP contribution < -0.4 is 5.32 Å². The molecule has 1 aromatic carbocycles. The average Bonchev–Trinajstić information content (AvgIpc) is 2.53. The fourth-order valence-corrected chi connectivity index (χ4v) is 4.01. The van der Waals surface area contributed by atoms with Gasteiger partial charge in [0.15, 0.2) is 0 Å². The van der Waals surface area contributed by atoms with Crippen molar-refractivity contribution in [3.05, 3.63) is 34.6 Å². The first-order valence-corrected chi connectivity index (χ1v) is 8.53. The van der Waals surface area contributed by atoms with Crippen molar-refractivity contribution in [2.75, 3.05) is 26.2 Å². The molecule has 1 aliphatic carbocycles. The van der Waals surface area contributed by atoms with Crippen molar-refractivity contribution in [2.45, 2.75) is 38.1 Å². The first-order valence-electron chi connectivity index (χ1n) is 8.15. The Hall–Kier alpha value is -0.640. The molecule has 3 rings (SSSR count). The van der Waals surface area contributed by atoms with E-state index in [-0.39, 0.29) is 10.8 Å². The summed E-state index contributed by atoms with van der Waals surface area (Å²) < 4.78 is 13.9. The van der Waals surface area contributed by atoms with Crippen LogP contribution in [0.15, 0.2) is 18.2 Å². The summed E-state index contributed by atoms with van der Waals surface area (Å²) in [6.45, 7) is 4.15. The van der Waals surface area contributed by atoms with Crippen molar-refractivity contribution < 1.29 is 4.39 Å². The highest BCUT2D eigenvalue weighted by atomic mass is 35.5. The molecule has 0 radical (unpaired) electrons. The molecule has 1 saturated heterocycles. The zero-order valence-electron chi connectivity index (χ0n) is 12.5. The largest absolute Gasteiger partial charge is 0.314 e. The van der Waals surface area contributed by atoms with Gasteiger partial charge in [-0.1, -0.05) is 36.9 Å². The maximum absolute atomic E-state index is 13.9. The molecule has 1 saturated carbocycles. The molecule has 4 heteroatoms. The molecular formula is C17H24ClFN2. The summed E-state index contributed by atoms with van der Waals surface area (Å²) >= 11 is 5.86. The third-order valence-electron chi connectivity index (χ3n) is 4.93. The minimum atomic E-state index is -0.287. The monoisotopic (exact) mass is 310 g/mol. The number of nitrogens with one attached hydrogen (secondary N) is 1. The van der Waals surface area contributed by atoms with Gasteiger partial charge in [-0.15, -0.1) is 0 Å². The third-order valence-corrected chi connectivity index (χ3v) is 5.23. The van der Waals surface area contributed by atoms with E-state index in [1.54, 1.807) is 12.1 Å². The Bertz CT molecular complexity index is 450. The maximum atomic E-state index is 13.9. The highest BCUT2D eigenvalue weighted by molar-refractivity contribution is 6.30. The number of benzene rings is 1. The van der Waals surface area contributed by atoms with Gasteiger partial charge in [0, 0.05) is 32.2 Å². The van der Waals surface area contributed by atoms with Crippen LogP contribution in [-0.2, 0) is 0 Å². The van der Waals surface area contributed by atoms with E-state index in [0.717, 1.165) is 31.7 Å². The van der Waals surface area contributed by atoms with Crippen LogP contribution in [0.2, 0.25) is 5.02 Å². The summed E-state index contributed by atoms with van der Waals surface area (Å²) in [6.07, 6.45) is 6.49. The topological polar surface area (TPSA) is 15.3 Å². The molecule has 1 atom stereocenters. The van der Waals surface area contributed by atoms with Crippen molar-refractivity contribution in [2.24, 2.45) is 5.92 Å². The Labute approximate surface area is 131 Å². The molecule has 0 bridgehead atoms. The number of halogens is 2. The fourth-order valence-electron chi connectivity index (χ4n) is 3.89. The van der Waals surface area contributed by atoms with Crippen LogP contribution in [0.5, 0.6) is 0 Å². The second kappa shape index (κ2) is 7.08. The average molecular weight is 311 g/mol. The van der Waals surface area contributed by atoms with E-state index in [1.165, 1.54) is 32.1 Å². The van der Waals surface area contributed by atoms with E-state index in [9.17, 15) is 4.39 Å². The van der Waals surface area contributed by atoms with Gasteiger partial charge in [0.1, 0.15) is 5.82 Å². The molecule has 1 heterocycles. The lowest BCUT2D eigenvalue weighted by atomic mass is 9.80. The number of rotatable bonds is 3. The molecule has 0 amide bonds. The van der Waals surface area contributed by atoms with Gasteiger partial charge in [0.05, 0.1) is 5.02 Å². The highest BCUT2D eigenvalue weighted by Gasteiger charge is 2.31. The molecule has 0 unspecified atom stereocenters. The van der Waals surface area contributed by atoms with Crippen LogP contribution in [0.4, 0.5) is 4.39 Å². The minimum absolute atomic E-state index is 0.224. The van der Waals surface area contributed by atoms with E-state index >= 15 is 0 Å². The Kier molecular flexibility index (Phi) is 5.15. The molecule has 2 fully saturated rings. The quantitative estimate of drug-likeness (QED) is 0.907. The van der Waals surface area contributed by atoms with Gasteiger partial charge < -0.3 is 5.32 Å². The van der Waals surface area contributed by atoms with Gasteiger partial charge in [-0.3, -0.25) is 4.90 Å². The smallest absolute Gasteiger partial charge is 0.142 e. The van der Waals surface area contributed by atoms with Gasteiger partial charge in [-0.2, -0.15) is 0 Å². The fraction of sp³-hybridized carbons (Fsp3) is 0.647. The summed E-state index contributed by atoms with van der Waals surface area (Å²) in [5.41, 5.74) is 1.10. The Morgan fingerprint density at radius 3 is 2.52 bits per heavy atom. The van der Waals surface area contributed by atoms with Gasteiger partial charge in [-0.05, 0) is 36.5 Å². The van der Waals surface area contributed by atoms with Gasteiger partial charge in [0.2, 0.25) is 0 Å². The highest BCUT2D eigenvalue weighted by Crippen LogP contribution is 2.39. The van der Waals surface area contributed by atoms with Crippen LogP contribution in [0.25, 0.3) is 0 Å². The van der Waals surface area contributed by atoms with Crippen LogP contribution in [-0.4, -0.2) is 31.1 Å². The number of hydrogen-bond donors (Lipinski definition) is 1. The number of nitrogens with zero attached hydrogens (tertiary/aromatic N) is 1. The molecule has 1 aliphatic heterocycles. The van der Waals surface area contributed by atoms with Crippen molar-refractivity contribution in [1.82, 2.24) is 10.2 Å². The second-order valence-corrected chi connectivity index (χ2v) is 6.71. The predicted octanol–water partition coefficient (Wildman–Crippen LogP) is 4.01. The lowest BCUT2D eigenvalue weighted by Crippen LogP contribution is -2.47. The van der Waals surface area contributed by atoms with Crippen LogP contribution in [0, 0.1) is 11.7 Å². The first-order chi connectivity index (χ1) is 10.3. The molecular weight excluding hydrogens is 287 g/mol. The van der Waals surface area contributed by atoms with Crippen LogP contribution in [0.3, 0.4) is 0 Å². The summed E-state index contributed by atoms with van der Waals surface area (Å²) in [5.74, 6) is 0.363. The Balaban J connectivity index is 1.87. The zero-order chi connectivity index (χ0) is 14.7. The molecule has 0 aromatic heterocycles. The molecule has 0 spiro atoms. The van der Waals surface area contributed by atoms with Crippen molar-refractivity contribution in [1.29, 1.82) is 0 Å². The van der Waals surface area contributed by atoms with E-state index in [0.29, 0.717) is 12.0 Å². The standard InChI is InChI=1S/C17H24ClFN2/c18-15-7-6-14(12-16(15)19)17(13-4-2-1-3-5-13)21-10-8-20-9-11-21/h6-7,12-13,17,20H,1-5,8-11H2/t17-/m0/s1. The first kappa shape index (κ1) is 15.3. The van der Waals surface area contributed by atoms with Gasteiger partial charge >= 0.3 is 0 Å². The van der Waals surface area contributed by atoms with Crippen LogP contribution >= 0.6 is 11.6 Å². The maximum Gasteiger partial charge on any atom is 0.142 e. The van der Waals surface area contributed by atoms with Crippen LogP contribution in [0.1, 0.15) is 43.7 Å².